The van der Waals surface area contributed by atoms with Crippen molar-refractivity contribution in [3.8, 4) is 0 Å². The lowest BCUT2D eigenvalue weighted by atomic mass is 9.90. The van der Waals surface area contributed by atoms with Crippen molar-refractivity contribution in [1.82, 2.24) is 4.90 Å². The standard InChI is InChI=1S/C16H21NO2/c1-6-12-13(15(10-18)17(4)5)8-7-9-14(12)16(19)11(2)3/h7-9,11H,6H2,1-5H3. The Morgan fingerprint density at radius 2 is 1.84 bits per heavy atom. The van der Waals surface area contributed by atoms with Gasteiger partial charge in [-0.05, 0) is 12.0 Å². The summed E-state index contributed by atoms with van der Waals surface area (Å²) in [6.45, 7) is 5.77. The summed E-state index contributed by atoms with van der Waals surface area (Å²) in [5, 5.41) is 0. The molecule has 0 aliphatic carbocycles. The van der Waals surface area contributed by atoms with Crippen LogP contribution in [0.3, 0.4) is 0 Å². The van der Waals surface area contributed by atoms with Crippen LogP contribution < -0.4 is 0 Å². The van der Waals surface area contributed by atoms with E-state index in [1.165, 1.54) is 0 Å². The molecule has 0 aromatic heterocycles. The van der Waals surface area contributed by atoms with Crippen molar-refractivity contribution >= 4 is 17.4 Å². The van der Waals surface area contributed by atoms with Crippen LogP contribution in [0.2, 0.25) is 0 Å². The minimum atomic E-state index is -0.0523. The van der Waals surface area contributed by atoms with Crippen LogP contribution in [0, 0.1) is 5.92 Å². The molecule has 0 radical (unpaired) electrons. The first-order valence-electron chi connectivity index (χ1n) is 6.52. The molecule has 19 heavy (non-hydrogen) atoms. The maximum absolute atomic E-state index is 12.2. The molecule has 0 aliphatic rings. The first kappa shape index (κ1) is 15.2. The molecule has 0 unspecified atom stereocenters. The second kappa shape index (κ2) is 6.35. The van der Waals surface area contributed by atoms with Crippen LogP contribution in [0.5, 0.6) is 0 Å². The Hall–Kier alpha value is -1.86. The zero-order valence-electron chi connectivity index (χ0n) is 12.3. The molecule has 1 aromatic rings. The van der Waals surface area contributed by atoms with E-state index in [2.05, 4.69) is 0 Å². The van der Waals surface area contributed by atoms with Crippen molar-refractivity contribution in [2.45, 2.75) is 27.2 Å². The van der Waals surface area contributed by atoms with Crippen molar-refractivity contribution in [3.63, 3.8) is 0 Å². The number of carbonyl (C=O) groups is 1. The summed E-state index contributed by atoms with van der Waals surface area (Å²) < 4.78 is 0. The highest BCUT2D eigenvalue weighted by Crippen LogP contribution is 2.24. The van der Waals surface area contributed by atoms with Crippen molar-refractivity contribution in [1.29, 1.82) is 0 Å². The highest BCUT2D eigenvalue weighted by Gasteiger charge is 2.19. The fourth-order valence-electron chi connectivity index (χ4n) is 2.12. The molecular formula is C16H21NO2. The van der Waals surface area contributed by atoms with Gasteiger partial charge in [0.15, 0.2) is 11.7 Å². The van der Waals surface area contributed by atoms with Gasteiger partial charge in [0.25, 0.3) is 0 Å². The predicted molar refractivity (Wildman–Crippen MR) is 77.8 cm³/mol. The average molecular weight is 259 g/mol. The van der Waals surface area contributed by atoms with Crippen molar-refractivity contribution in [2.24, 2.45) is 5.92 Å². The van der Waals surface area contributed by atoms with E-state index in [4.69, 9.17) is 0 Å². The van der Waals surface area contributed by atoms with Gasteiger partial charge in [0, 0.05) is 31.1 Å². The normalized spacial score (nSPS) is 10.2. The molecular weight excluding hydrogens is 238 g/mol. The molecule has 0 saturated carbocycles. The van der Waals surface area contributed by atoms with Gasteiger partial charge in [-0.2, -0.15) is 0 Å². The summed E-state index contributed by atoms with van der Waals surface area (Å²) in [6, 6.07) is 5.53. The van der Waals surface area contributed by atoms with Crippen LogP contribution in [0.25, 0.3) is 5.70 Å². The number of rotatable bonds is 5. The van der Waals surface area contributed by atoms with Crippen LogP contribution in [0.1, 0.15) is 42.3 Å². The van der Waals surface area contributed by atoms with Gasteiger partial charge in [-0.25, -0.2) is 4.79 Å². The second-order valence-electron chi connectivity index (χ2n) is 5.05. The summed E-state index contributed by atoms with van der Waals surface area (Å²) in [6.07, 6.45) is 0.711. The lowest BCUT2D eigenvalue weighted by Crippen LogP contribution is -2.16. The number of benzene rings is 1. The molecule has 3 heteroatoms. The molecule has 0 aliphatic heterocycles. The van der Waals surface area contributed by atoms with Gasteiger partial charge in [0.05, 0.1) is 0 Å². The fraction of sp³-hybridized carbons (Fsp3) is 0.438. The highest BCUT2D eigenvalue weighted by molar-refractivity contribution is 6.01. The van der Waals surface area contributed by atoms with Crippen molar-refractivity contribution in [3.05, 3.63) is 34.9 Å². The monoisotopic (exact) mass is 259 g/mol. The maximum Gasteiger partial charge on any atom is 0.165 e. The SMILES string of the molecule is CCc1c(C(=O)C(C)C)cccc1C(=C=O)N(C)C. The third-order valence-corrected chi connectivity index (χ3v) is 3.12. The Morgan fingerprint density at radius 1 is 1.26 bits per heavy atom. The Balaban J connectivity index is 3.48. The van der Waals surface area contributed by atoms with E-state index in [-0.39, 0.29) is 11.7 Å². The van der Waals surface area contributed by atoms with Gasteiger partial charge in [-0.1, -0.05) is 39.0 Å². The lowest BCUT2D eigenvalue weighted by molar-refractivity contribution is 0.0938. The Bertz CT molecular complexity index is 524. The van der Waals surface area contributed by atoms with Crippen LogP contribution in [-0.2, 0) is 11.2 Å². The van der Waals surface area contributed by atoms with E-state index in [9.17, 15) is 9.59 Å². The molecule has 1 rings (SSSR count). The molecule has 102 valence electrons. The van der Waals surface area contributed by atoms with Gasteiger partial charge in [-0.15, -0.1) is 0 Å². The zero-order chi connectivity index (χ0) is 14.6. The molecule has 0 atom stereocenters. The third kappa shape index (κ3) is 3.12. The number of ketones is 1. The first-order chi connectivity index (χ1) is 8.93. The van der Waals surface area contributed by atoms with Gasteiger partial charge in [-0.3, -0.25) is 4.79 Å². The molecule has 1 aromatic carbocycles. The molecule has 0 heterocycles. The number of carbonyl (C=O) groups excluding carboxylic acids is 2. The fourth-order valence-corrected chi connectivity index (χ4v) is 2.12. The van der Waals surface area contributed by atoms with Crippen LogP contribution >= 0.6 is 0 Å². The minimum absolute atomic E-state index is 0.0523. The van der Waals surface area contributed by atoms with Gasteiger partial charge >= 0.3 is 0 Å². The average Bonchev–Trinajstić information content (AvgIpc) is 2.37. The summed E-state index contributed by atoms with van der Waals surface area (Å²) in [5.74, 6) is 2.03. The lowest BCUT2D eigenvalue weighted by Gasteiger charge is -2.19. The second-order valence-corrected chi connectivity index (χ2v) is 5.05. The van der Waals surface area contributed by atoms with Crippen molar-refractivity contribution < 1.29 is 9.59 Å². The predicted octanol–water partition coefficient (Wildman–Crippen LogP) is 2.82. The molecule has 0 bridgehead atoms. The molecule has 0 N–H and O–H groups in total. The van der Waals surface area contributed by atoms with Crippen LogP contribution in [0.4, 0.5) is 0 Å². The summed E-state index contributed by atoms with van der Waals surface area (Å²) in [4.78, 5) is 25.1. The largest absolute Gasteiger partial charge is 0.368 e. The Morgan fingerprint density at radius 3 is 2.26 bits per heavy atom. The van der Waals surface area contributed by atoms with E-state index >= 15 is 0 Å². The molecule has 0 spiro atoms. The molecule has 0 saturated heterocycles. The van der Waals surface area contributed by atoms with E-state index in [0.717, 1.165) is 11.1 Å². The van der Waals surface area contributed by atoms with Crippen LogP contribution in [-0.4, -0.2) is 30.7 Å². The summed E-state index contributed by atoms with van der Waals surface area (Å²) in [5.41, 5.74) is 2.92. The van der Waals surface area contributed by atoms with E-state index < -0.39 is 0 Å². The quantitative estimate of drug-likeness (QED) is 0.603. The smallest absolute Gasteiger partial charge is 0.165 e. The van der Waals surface area contributed by atoms with Gasteiger partial charge < -0.3 is 4.90 Å². The van der Waals surface area contributed by atoms with Crippen molar-refractivity contribution in [2.75, 3.05) is 14.1 Å². The number of hydrogen-bond donors (Lipinski definition) is 0. The number of nitrogens with zero attached hydrogens (tertiary/aromatic N) is 1. The topological polar surface area (TPSA) is 37.4 Å². The van der Waals surface area contributed by atoms with E-state index in [1.807, 2.05) is 44.9 Å². The van der Waals surface area contributed by atoms with Gasteiger partial charge in [0.2, 0.25) is 0 Å². The molecule has 0 amide bonds. The number of Topliss-reactive ketones (excluding diaryl/α,β-unsaturated/α-hetero) is 1. The minimum Gasteiger partial charge on any atom is -0.368 e. The highest BCUT2D eigenvalue weighted by atomic mass is 16.1. The Kier molecular flexibility index (Phi) is 5.08. The van der Waals surface area contributed by atoms with Gasteiger partial charge in [0.1, 0.15) is 5.70 Å². The molecule has 3 nitrogen and oxygen atoms in total. The maximum atomic E-state index is 12.2. The summed E-state index contributed by atoms with van der Waals surface area (Å²) >= 11 is 0. The number of hydrogen-bond acceptors (Lipinski definition) is 3. The zero-order valence-corrected chi connectivity index (χ0v) is 12.3. The van der Waals surface area contributed by atoms with E-state index in [0.29, 0.717) is 17.7 Å². The third-order valence-electron chi connectivity index (χ3n) is 3.12. The summed E-state index contributed by atoms with van der Waals surface area (Å²) in [7, 11) is 3.60. The Labute approximate surface area is 114 Å². The molecule has 0 fully saturated rings. The first-order valence-corrected chi connectivity index (χ1v) is 6.52. The van der Waals surface area contributed by atoms with E-state index in [1.54, 1.807) is 19.0 Å². The van der Waals surface area contributed by atoms with Crippen LogP contribution in [0.15, 0.2) is 18.2 Å².